The van der Waals surface area contributed by atoms with Crippen LogP contribution in [-0.4, -0.2) is 49.1 Å². The molecule has 0 spiro atoms. The fourth-order valence-corrected chi connectivity index (χ4v) is 4.80. The molecule has 6 heterocycles. The van der Waals surface area contributed by atoms with Gasteiger partial charge in [0.05, 0.1) is 41.4 Å². The summed E-state index contributed by atoms with van der Waals surface area (Å²) in [7, 11) is 0. The third-order valence-corrected chi connectivity index (χ3v) is 6.56. The quantitative estimate of drug-likeness (QED) is 0.488. The van der Waals surface area contributed by atoms with Gasteiger partial charge in [-0.15, -0.1) is 0 Å². The molecular weight excluding hydrogens is 428 g/mol. The maximum atomic E-state index is 12.5. The maximum absolute atomic E-state index is 12.5. The first kappa shape index (κ1) is 20.7. The van der Waals surface area contributed by atoms with E-state index in [1.807, 2.05) is 46.1 Å². The lowest BCUT2D eigenvalue weighted by molar-refractivity contribution is -0.119. The molecule has 2 aliphatic rings. The van der Waals surface area contributed by atoms with E-state index in [1.165, 1.54) is 5.56 Å². The van der Waals surface area contributed by atoms with Crippen LogP contribution in [0.3, 0.4) is 0 Å². The molecule has 0 aliphatic carbocycles. The number of pyridine rings is 2. The SMILES string of the molecule is CC(C)(C)c1cnn2ccc(-c3ccnc(Nc4ccc(N5C(=O)C6CC5CN6)cn4)n3)cc12. The van der Waals surface area contributed by atoms with E-state index < -0.39 is 0 Å². The van der Waals surface area contributed by atoms with Gasteiger partial charge in [-0.25, -0.2) is 19.5 Å². The highest BCUT2D eigenvalue weighted by molar-refractivity contribution is 6.01. The Morgan fingerprint density at radius 2 is 2.00 bits per heavy atom. The molecule has 4 aromatic rings. The van der Waals surface area contributed by atoms with Crippen molar-refractivity contribution in [3.8, 4) is 11.3 Å². The van der Waals surface area contributed by atoms with E-state index >= 15 is 0 Å². The highest BCUT2D eigenvalue weighted by atomic mass is 16.2. The van der Waals surface area contributed by atoms with Crippen molar-refractivity contribution in [3.05, 3.63) is 60.7 Å². The Hall–Kier alpha value is -3.85. The Kier molecular flexibility index (Phi) is 4.63. The van der Waals surface area contributed by atoms with Crippen molar-refractivity contribution >= 4 is 28.9 Å². The second-order valence-corrected chi connectivity index (χ2v) is 9.90. The summed E-state index contributed by atoms with van der Waals surface area (Å²) in [5, 5.41) is 10.9. The summed E-state index contributed by atoms with van der Waals surface area (Å²) in [4.78, 5) is 27.9. The number of rotatable bonds is 4. The first-order valence-corrected chi connectivity index (χ1v) is 11.5. The predicted octanol–water partition coefficient (Wildman–Crippen LogP) is 3.30. The molecule has 2 N–H and O–H groups in total. The highest BCUT2D eigenvalue weighted by Crippen LogP contribution is 2.31. The van der Waals surface area contributed by atoms with Crippen LogP contribution in [0.5, 0.6) is 0 Å². The zero-order valence-corrected chi connectivity index (χ0v) is 19.4. The molecular formula is C25H26N8O. The van der Waals surface area contributed by atoms with Crippen LogP contribution >= 0.6 is 0 Å². The minimum atomic E-state index is -0.0554. The van der Waals surface area contributed by atoms with Crippen molar-refractivity contribution in [2.45, 2.75) is 44.7 Å². The number of anilines is 3. The summed E-state index contributed by atoms with van der Waals surface area (Å²) in [6, 6.07) is 9.93. The average Bonchev–Trinajstić information content (AvgIpc) is 3.54. The Bertz CT molecular complexity index is 1390. The second kappa shape index (κ2) is 7.59. The van der Waals surface area contributed by atoms with Crippen LogP contribution < -0.4 is 15.5 Å². The Morgan fingerprint density at radius 1 is 1.12 bits per heavy atom. The van der Waals surface area contributed by atoms with E-state index in [9.17, 15) is 4.79 Å². The van der Waals surface area contributed by atoms with Crippen molar-refractivity contribution in [1.29, 1.82) is 0 Å². The molecule has 2 saturated heterocycles. The van der Waals surface area contributed by atoms with Crippen molar-refractivity contribution in [2.75, 3.05) is 16.8 Å². The predicted molar refractivity (Wildman–Crippen MR) is 130 cm³/mol. The fraction of sp³-hybridized carbons (Fsp3) is 0.320. The number of carbonyl (C=O) groups is 1. The summed E-state index contributed by atoms with van der Waals surface area (Å²) in [6.45, 7) is 7.38. The molecule has 2 atom stereocenters. The highest BCUT2D eigenvalue weighted by Gasteiger charge is 2.45. The van der Waals surface area contributed by atoms with E-state index in [4.69, 9.17) is 4.98 Å². The van der Waals surface area contributed by atoms with Crippen molar-refractivity contribution < 1.29 is 4.79 Å². The largest absolute Gasteiger partial charge is 0.309 e. The number of hydrogen-bond acceptors (Lipinski definition) is 7. The summed E-state index contributed by atoms with van der Waals surface area (Å²) < 4.78 is 1.89. The van der Waals surface area contributed by atoms with Crippen LogP contribution in [0, 0.1) is 0 Å². The molecule has 172 valence electrons. The summed E-state index contributed by atoms with van der Waals surface area (Å²) >= 11 is 0. The lowest BCUT2D eigenvalue weighted by atomic mass is 9.88. The van der Waals surface area contributed by atoms with Crippen molar-refractivity contribution in [3.63, 3.8) is 0 Å². The van der Waals surface area contributed by atoms with Gasteiger partial charge in [0.2, 0.25) is 11.9 Å². The smallest absolute Gasteiger partial charge is 0.244 e. The van der Waals surface area contributed by atoms with Gasteiger partial charge in [-0.05, 0) is 42.2 Å². The normalized spacial score (nSPS) is 19.9. The van der Waals surface area contributed by atoms with Gasteiger partial charge in [0, 0.05) is 30.1 Å². The van der Waals surface area contributed by atoms with Crippen molar-refractivity contribution in [1.82, 2.24) is 29.9 Å². The van der Waals surface area contributed by atoms with E-state index in [-0.39, 0.29) is 23.4 Å². The number of carbonyl (C=O) groups excluding carboxylic acids is 1. The standard InChI is InChI=1S/C25H26N8O/c1-25(2,3)18-14-29-32-9-7-15(10-21(18)32)19-6-8-26-24(30-19)31-22-5-4-16(12-28-22)33-17-11-20(23(33)34)27-13-17/h4-10,12,14,17,20,27H,11,13H2,1-3H3,(H,26,28,30,31). The Labute approximate surface area is 197 Å². The van der Waals surface area contributed by atoms with E-state index in [0.29, 0.717) is 11.8 Å². The molecule has 34 heavy (non-hydrogen) atoms. The van der Waals surface area contributed by atoms with Gasteiger partial charge in [0.25, 0.3) is 0 Å². The number of nitrogens with one attached hydrogen (secondary N) is 2. The van der Waals surface area contributed by atoms with Gasteiger partial charge in [0.15, 0.2) is 0 Å². The zero-order chi connectivity index (χ0) is 23.4. The molecule has 2 aliphatic heterocycles. The molecule has 2 unspecified atom stereocenters. The molecule has 0 radical (unpaired) electrons. The van der Waals surface area contributed by atoms with Crippen LogP contribution in [0.1, 0.15) is 32.8 Å². The minimum absolute atomic E-state index is 0.00761. The molecule has 1 amide bonds. The van der Waals surface area contributed by atoms with Gasteiger partial charge >= 0.3 is 0 Å². The monoisotopic (exact) mass is 454 g/mol. The summed E-state index contributed by atoms with van der Waals surface area (Å²) in [5.74, 6) is 1.21. The van der Waals surface area contributed by atoms with Crippen LogP contribution in [0.2, 0.25) is 0 Å². The number of aromatic nitrogens is 5. The molecule has 2 bridgehead atoms. The summed E-state index contributed by atoms with van der Waals surface area (Å²) in [5.41, 5.74) is 4.87. The van der Waals surface area contributed by atoms with E-state index in [1.54, 1.807) is 12.4 Å². The molecule has 0 aromatic carbocycles. The van der Waals surface area contributed by atoms with Gasteiger partial charge < -0.3 is 15.5 Å². The van der Waals surface area contributed by atoms with Gasteiger partial charge in [-0.1, -0.05) is 20.8 Å². The average molecular weight is 455 g/mol. The first-order chi connectivity index (χ1) is 16.4. The molecule has 4 aromatic heterocycles. The first-order valence-electron chi connectivity index (χ1n) is 11.5. The Morgan fingerprint density at radius 3 is 2.74 bits per heavy atom. The minimum Gasteiger partial charge on any atom is -0.309 e. The van der Waals surface area contributed by atoms with Crippen LogP contribution in [0.15, 0.2) is 55.1 Å². The van der Waals surface area contributed by atoms with E-state index in [0.717, 1.165) is 35.4 Å². The molecule has 9 nitrogen and oxygen atoms in total. The molecule has 6 rings (SSSR count). The molecule has 9 heteroatoms. The molecule has 0 saturated carbocycles. The topological polar surface area (TPSA) is 100 Å². The maximum Gasteiger partial charge on any atom is 0.244 e. The third-order valence-electron chi connectivity index (χ3n) is 6.56. The number of nitrogens with zero attached hydrogens (tertiary/aromatic N) is 6. The van der Waals surface area contributed by atoms with E-state index in [2.05, 4.69) is 52.5 Å². The van der Waals surface area contributed by atoms with Crippen LogP contribution in [0.25, 0.3) is 16.8 Å². The Balaban J connectivity index is 1.24. The number of piperazine rings is 1. The van der Waals surface area contributed by atoms with Crippen LogP contribution in [-0.2, 0) is 10.2 Å². The fourth-order valence-electron chi connectivity index (χ4n) is 4.80. The third kappa shape index (κ3) is 3.49. The molecule has 2 fully saturated rings. The second-order valence-electron chi connectivity index (χ2n) is 9.90. The summed E-state index contributed by atoms with van der Waals surface area (Å²) in [6.07, 6.45) is 8.21. The number of amides is 1. The van der Waals surface area contributed by atoms with Gasteiger partial charge in [0.1, 0.15) is 5.82 Å². The van der Waals surface area contributed by atoms with Crippen LogP contribution in [0.4, 0.5) is 17.5 Å². The van der Waals surface area contributed by atoms with Gasteiger partial charge in [-0.2, -0.15) is 5.10 Å². The van der Waals surface area contributed by atoms with Crippen molar-refractivity contribution in [2.24, 2.45) is 0 Å². The number of hydrogen-bond donors (Lipinski definition) is 2. The zero-order valence-electron chi connectivity index (χ0n) is 19.4. The van der Waals surface area contributed by atoms with Gasteiger partial charge in [-0.3, -0.25) is 4.79 Å². The number of fused-ring (bicyclic) bond motifs is 3. The lowest BCUT2D eigenvalue weighted by Crippen LogP contribution is -2.48. The lowest BCUT2D eigenvalue weighted by Gasteiger charge is -2.27.